The van der Waals surface area contributed by atoms with Crippen LogP contribution in [0.5, 0.6) is 0 Å². The number of nitrogens with one attached hydrogen (secondary N) is 1. The number of halogens is 1. The molecule has 1 fully saturated rings. The second kappa shape index (κ2) is 6.60. The normalized spacial score (nSPS) is 17.2. The molecule has 2 aromatic rings. The monoisotopic (exact) mass is 436 g/mol. The van der Waals surface area contributed by atoms with Gasteiger partial charge in [0.05, 0.1) is 17.7 Å². The predicted molar refractivity (Wildman–Crippen MR) is 97.1 cm³/mol. The highest BCUT2D eigenvalue weighted by Gasteiger charge is 2.39. The van der Waals surface area contributed by atoms with Gasteiger partial charge in [0.25, 0.3) is 5.91 Å². The van der Waals surface area contributed by atoms with E-state index in [1.165, 1.54) is 18.2 Å². The Morgan fingerprint density at radius 1 is 1.17 bits per heavy atom. The third kappa shape index (κ3) is 3.25. The van der Waals surface area contributed by atoms with E-state index in [0.29, 0.717) is 0 Å². The first-order chi connectivity index (χ1) is 11.5. The van der Waals surface area contributed by atoms with E-state index in [1.807, 2.05) is 24.3 Å². The van der Waals surface area contributed by atoms with Crippen molar-refractivity contribution in [3.8, 4) is 0 Å². The Bertz CT molecular complexity index is 820. The first-order valence-electron chi connectivity index (χ1n) is 7.18. The van der Waals surface area contributed by atoms with Gasteiger partial charge in [0, 0.05) is 9.26 Å². The maximum Gasteiger partial charge on any atom is 0.335 e. The van der Waals surface area contributed by atoms with Crippen molar-refractivity contribution in [1.82, 2.24) is 0 Å². The molecule has 2 N–H and O–H groups in total. The second-order valence-corrected chi connectivity index (χ2v) is 6.58. The van der Waals surface area contributed by atoms with Crippen LogP contribution in [0.15, 0.2) is 48.5 Å². The molecule has 1 aliphatic rings. The number of carbonyl (C=O) groups is 3. The zero-order chi connectivity index (χ0) is 17.3. The van der Waals surface area contributed by atoms with E-state index in [2.05, 4.69) is 27.9 Å². The number of rotatable bonds is 4. The third-order valence-corrected chi connectivity index (χ3v) is 4.40. The number of carbonyl (C=O) groups excluding carboxylic acids is 2. The largest absolute Gasteiger partial charge is 0.478 e. The lowest BCUT2D eigenvalue weighted by Gasteiger charge is -2.16. The van der Waals surface area contributed by atoms with E-state index in [1.54, 1.807) is 6.07 Å². The molecular formula is C17H13IN2O4. The first kappa shape index (κ1) is 16.4. The number of imide groups is 1. The summed E-state index contributed by atoms with van der Waals surface area (Å²) in [7, 11) is 0. The SMILES string of the molecule is O=C(O)c1cccc(N2C(=O)CC(Nc3ccc(I)cc3)C2=O)c1. The number of benzene rings is 2. The number of hydrogen-bond donors (Lipinski definition) is 2. The zero-order valence-corrected chi connectivity index (χ0v) is 14.6. The molecule has 7 heteroatoms. The van der Waals surface area contributed by atoms with Crippen LogP contribution in [0, 0.1) is 3.57 Å². The van der Waals surface area contributed by atoms with Crippen LogP contribution in [-0.4, -0.2) is 28.9 Å². The number of carboxylic acid groups (broad SMARTS) is 1. The lowest BCUT2D eigenvalue weighted by molar-refractivity contribution is -0.121. The molecule has 0 spiro atoms. The molecule has 0 bridgehead atoms. The van der Waals surface area contributed by atoms with Gasteiger partial charge < -0.3 is 10.4 Å². The molecule has 0 saturated carbocycles. The molecule has 1 aliphatic heterocycles. The van der Waals surface area contributed by atoms with Gasteiger partial charge in [-0.3, -0.25) is 9.59 Å². The van der Waals surface area contributed by atoms with Crippen molar-refractivity contribution < 1.29 is 19.5 Å². The second-order valence-electron chi connectivity index (χ2n) is 5.33. The van der Waals surface area contributed by atoms with Crippen molar-refractivity contribution in [1.29, 1.82) is 0 Å². The van der Waals surface area contributed by atoms with E-state index in [0.717, 1.165) is 14.2 Å². The summed E-state index contributed by atoms with van der Waals surface area (Å²) in [4.78, 5) is 36.9. The van der Waals surface area contributed by atoms with E-state index in [4.69, 9.17) is 5.11 Å². The van der Waals surface area contributed by atoms with E-state index >= 15 is 0 Å². The fraction of sp³-hybridized carbons (Fsp3) is 0.118. The minimum absolute atomic E-state index is 0.0298. The van der Waals surface area contributed by atoms with Crippen LogP contribution in [-0.2, 0) is 9.59 Å². The summed E-state index contributed by atoms with van der Waals surface area (Å²) in [5.74, 6) is -1.85. The minimum Gasteiger partial charge on any atom is -0.478 e. The average molecular weight is 436 g/mol. The van der Waals surface area contributed by atoms with Crippen LogP contribution in [0.3, 0.4) is 0 Å². The molecule has 6 nitrogen and oxygen atoms in total. The topological polar surface area (TPSA) is 86.7 Å². The van der Waals surface area contributed by atoms with Gasteiger partial charge in [0.2, 0.25) is 5.91 Å². The van der Waals surface area contributed by atoms with Crippen LogP contribution in [0.1, 0.15) is 16.8 Å². The molecule has 24 heavy (non-hydrogen) atoms. The van der Waals surface area contributed by atoms with Crippen molar-refractivity contribution in [3.05, 3.63) is 57.7 Å². The maximum atomic E-state index is 12.6. The fourth-order valence-corrected chi connectivity index (χ4v) is 2.90. The van der Waals surface area contributed by atoms with Gasteiger partial charge in [-0.25, -0.2) is 9.69 Å². The number of anilines is 2. The fourth-order valence-electron chi connectivity index (χ4n) is 2.54. The molecule has 0 aliphatic carbocycles. The summed E-state index contributed by atoms with van der Waals surface area (Å²) in [5, 5.41) is 12.1. The molecule has 1 saturated heterocycles. The number of carboxylic acids is 1. The van der Waals surface area contributed by atoms with Gasteiger partial charge in [-0.1, -0.05) is 6.07 Å². The van der Waals surface area contributed by atoms with Crippen LogP contribution >= 0.6 is 22.6 Å². The van der Waals surface area contributed by atoms with Crippen LogP contribution in [0.2, 0.25) is 0 Å². The number of aromatic carboxylic acids is 1. The van der Waals surface area contributed by atoms with Gasteiger partial charge in [0.15, 0.2) is 0 Å². The molecule has 2 amide bonds. The third-order valence-electron chi connectivity index (χ3n) is 3.68. The molecule has 122 valence electrons. The highest BCUT2D eigenvalue weighted by atomic mass is 127. The Labute approximate surface area is 151 Å². The van der Waals surface area contributed by atoms with Gasteiger partial charge in [0.1, 0.15) is 6.04 Å². The summed E-state index contributed by atoms with van der Waals surface area (Å²) in [5.41, 5.74) is 1.06. The zero-order valence-electron chi connectivity index (χ0n) is 12.4. The minimum atomic E-state index is -1.11. The first-order valence-corrected chi connectivity index (χ1v) is 8.26. The Hall–Kier alpha value is -2.42. The molecule has 1 atom stereocenters. The quantitative estimate of drug-likeness (QED) is 0.569. The molecule has 2 aromatic carbocycles. The molecule has 0 radical (unpaired) electrons. The molecule has 0 aromatic heterocycles. The lowest BCUT2D eigenvalue weighted by atomic mass is 10.2. The Morgan fingerprint density at radius 2 is 1.88 bits per heavy atom. The summed E-state index contributed by atoms with van der Waals surface area (Å²) >= 11 is 2.18. The van der Waals surface area contributed by atoms with Gasteiger partial charge in [-0.15, -0.1) is 0 Å². The number of hydrogen-bond acceptors (Lipinski definition) is 4. The molecule has 1 heterocycles. The molecule has 3 rings (SSSR count). The van der Waals surface area contributed by atoms with Crippen molar-refractivity contribution in [3.63, 3.8) is 0 Å². The van der Waals surface area contributed by atoms with Crippen molar-refractivity contribution in [2.75, 3.05) is 10.2 Å². The Balaban J connectivity index is 1.82. The smallest absolute Gasteiger partial charge is 0.335 e. The molecule has 1 unspecified atom stereocenters. The van der Waals surface area contributed by atoms with Crippen molar-refractivity contribution in [2.24, 2.45) is 0 Å². The summed E-state index contributed by atoms with van der Waals surface area (Å²) < 4.78 is 1.07. The Morgan fingerprint density at radius 3 is 2.54 bits per heavy atom. The van der Waals surface area contributed by atoms with Crippen molar-refractivity contribution in [2.45, 2.75) is 12.5 Å². The van der Waals surface area contributed by atoms with Crippen LogP contribution in [0.25, 0.3) is 0 Å². The number of nitrogens with zero attached hydrogens (tertiary/aromatic N) is 1. The molecular weight excluding hydrogens is 423 g/mol. The Kier molecular flexibility index (Phi) is 4.52. The highest BCUT2D eigenvalue weighted by Crippen LogP contribution is 2.26. The summed E-state index contributed by atoms with van der Waals surface area (Å²) in [6.07, 6.45) is 0.0299. The van der Waals surface area contributed by atoms with E-state index in [-0.39, 0.29) is 29.5 Å². The lowest BCUT2D eigenvalue weighted by Crippen LogP contribution is -2.34. The predicted octanol–water partition coefficient (Wildman–Crippen LogP) is 2.73. The van der Waals surface area contributed by atoms with Crippen LogP contribution in [0.4, 0.5) is 11.4 Å². The van der Waals surface area contributed by atoms with Gasteiger partial charge in [-0.05, 0) is 65.1 Å². The van der Waals surface area contributed by atoms with Crippen LogP contribution < -0.4 is 10.2 Å². The van der Waals surface area contributed by atoms with Crippen molar-refractivity contribution >= 4 is 51.7 Å². The van der Waals surface area contributed by atoms with E-state index in [9.17, 15) is 14.4 Å². The van der Waals surface area contributed by atoms with E-state index < -0.39 is 12.0 Å². The van der Waals surface area contributed by atoms with Gasteiger partial charge >= 0.3 is 5.97 Å². The highest BCUT2D eigenvalue weighted by molar-refractivity contribution is 14.1. The standard InChI is InChI=1S/C17H13IN2O4/c18-11-4-6-12(7-5-11)19-14-9-15(21)20(16(14)22)13-3-1-2-10(8-13)17(23)24/h1-8,14,19H,9H2,(H,23,24). The summed E-state index contributed by atoms with van der Waals surface area (Å²) in [6, 6.07) is 12.6. The maximum absolute atomic E-state index is 12.6. The average Bonchev–Trinajstić information content (AvgIpc) is 2.83. The number of amides is 2. The van der Waals surface area contributed by atoms with Gasteiger partial charge in [-0.2, -0.15) is 0 Å². The summed E-state index contributed by atoms with van der Waals surface area (Å²) in [6.45, 7) is 0.